The Labute approximate surface area is 199 Å². The van der Waals surface area contributed by atoms with Crippen LogP contribution in [-0.2, 0) is 0 Å². The summed E-state index contributed by atoms with van der Waals surface area (Å²) in [5, 5.41) is 3.66. The molecule has 0 aromatic rings. The van der Waals surface area contributed by atoms with Gasteiger partial charge in [0, 0.05) is 0 Å². The topological polar surface area (TPSA) is 12.0 Å². The second-order valence-corrected chi connectivity index (χ2v) is 11.2. The van der Waals surface area contributed by atoms with E-state index in [-0.39, 0.29) is 0 Å². The van der Waals surface area contributed by atoms with Gasteiger partial charge in [-0.25, -0.2) is 0 Å². The van der Waals surface area contributed by atoms with Crippen LogP contribution in [0.25, 0.3) is 0 Å². The summed E-state index contributed by atoms with van der Waals surface area (Å²) in [6, 6.07) is 0. The third-order valence-electron chi connectivity index (χ3n) is 6.77. The molecule has 1 nitrogen and oxygen atoms in total. The van der Waals surface area contributed by atoms with Gasteiger partial charge in [-0.1, -0.05) is 156 Å². The van der Waals surface area contributed by atoms with Gasteiger partial charge in [-0.05, 0) is 37.8 Å². The molecule has 1 heteroatoms. The zero-order valence-corrected chi connectivity index (χ0v) is 22.6. The predicted octanol–water partition coefficient (Wildman–Crippen LogP) is 10.5. The minimum atomic E-state index is 0.892. The molecule has 0 rings (SSSR count). The van der Waals surface area contributed by atoms with Crippen LogP contribution in [0.4, 0.5) is 0 Å². The lowest BCUT2D eigenvalue weighted by Crippen LogP contribution is -2.16. The van der Waals surface area contributed by atoms with Crippen LogP contribution in [-0.4, -0.2) is 13.1 Å². The van der Waals surface area contributed by atoms with E-state index in [2.05, 4.69) is 33.0 Å². The summed E-state index contributed by atoms with van der Waals surface area (Å²) < 4.78 is 0. The van der Waals surface area contributed by atoms with Crippen LogP contribution >= 0.6 is 0 Å². The highest BCUT2D eigenvalue weighted by atomic mass is 14.8. The first kappa shape index (κ1) is 31.0. The second-order valence-electron chi connectivity index (χ2n) is 11.2. The van der Waals surface area contributed by atoms with Gasteiger partial charge in [0.25, 0.3) is 0 Å². The van der Waals surface area contributed by atoms with Crippen LogP contribution in [0, 0.1) is 11.8 Å². The van der Waals surface area contributed by atoms with Gasteiger partial charge >= 0.3 is 0 Å². The molecule has 0 unspecified atom stereocenters. The predicted molar refractivity (Wildman–Crippen MR) is 144 cm³/mol. The van der Waals surface area contributed by atoms with Crippen molar-refractivity contribution in [3.63, 3.8) is 0 Å². The van der Waals surface area contributed by atoms with E-state index in [9.17, 15) is 0 Å². The number of unbranched alkanes of at least 4 members (excludes halogenated alkanes) is 18. The molecule has 0 aliphatic heterocycles. The Morgan fingerprint density at radius 2 is 0.548 bits per heavy atom. The summed E-state index contributed by atoms with van der Waals surface area (Å²) in [5.41, 5.74) is 0. The molecule has 0 fully saturated rings. The van der Waals surface area contributed by atoms with Crippen LogP contribution in [0.15, 0.2) is 0 Å². The lowest BCUT2D eigenvalue weighted by Gasteiger charge is -2.06. The molecule has 1 N–H and O–H groups in total. The summed E-state index contributed by atoms with van der Waals surface area (Å²) in [5.74, 6) is 1.78. The average molecular weight is 438 g/mol. The van der Waals surface area contributed by atoms with Gasteiger partial charge < -0.3 is 5.32 Å². The maximum Gasteiger partial charge on any atom is -0.00489 e. The molecule has 0 saturated heterocycles. The van der Waals surface area contributed by atoms with Crippen molar-refractivity contribution in [2.24, 2.45) is 11.8 Å². The SMILES string of the molecule is CC(C)CCCCCCCCCCCCNCCCCCCCCCCCCC(C)C. The van der Waals surface area contributed by atoms with Crippen LogP contribution < -0.4 is 5.32 Å². The molecule has 0 saturated carbocycles. The largest absolute Gasteiger partial charge is 0.317 e. The first-order valence-electron chi connectivity index (χ1n) is 14.8. The Balaban J connectivity index is 3.01. The van der Waals surface area contributed by atoms with Gasteiger partial charge in [0.2, 0.25) is 0 Å². The van der Waals surface area contributed by atoms with Crippen molar-refractivity contribution >= 4 is 0 Å². The summed E-state index contributed by atoms with van der Waals surface area (Å²) >= 11 is 0. The standard InChI is InChI=1S/C30H63N/c1-29(2)25-21-17-13-9-5-7-11-15-19-23-27-31-28-24-20-16-12-8-6-10-14-18-22-26-30(3)4/h29-31H,5-28H2,1-4H3. The molecular weight excluding hydrogens is 374 g/mol. The molecule has 0 aromatic carbocycles. The molecule has 0 spiro atoms. The van der Waals surface area contributed by atoms with Crippen LogP contribution in [0.2, 0.25) is 0 Å². The summed E-state index contributed by atoms with van der Waals surface area (Å²) in [4.78, 5) is 0. The highest BCUT2D eigenvalue weighted by Gasteiger charge is 1.97. The Morgan fingerprint density at radius 3 is 0.806 bits per heavy atom. The van der Waals surface area contributed by atoms with E-state index < -0.39 is 0 Å². The molecule has 0 radical (unpaired) electrons. The number of hydrogen-bond acceptors (Lipinski definition) is 1. The van der Waals surface area contributed by atoms with E-state index in [0.717, 1.165) is 11.8 Å². The molecule has 0 heterocycles. The summed E-state index contributed by atoms with van der Waals surface area (Å²) in [6.07, 6.45) is 31.9. The van der Waals surface area contributed by atoms with E-state index >= 15 is 0 Å². The quantitative estimate of drug-likeness (QED) is 0.133. The molecular formula is C30H63N. The highest BCUT2D eigenvalue weighted by Crippen LogP contribution is 2.14. The van der Waals surface area contributed by atoms with E-state index in [1.54, 1.807) is 0 Å². The normalized spacial score (nSPS) is 11.8. The molecule has 0 aliphatic carbocycles. The first-order chi connectivity index (χ1) is 15.1. The molecule has 0 atom stereocenters. The highest BCUT2D eigenvalue weighted by molar-refractivity contribution is 4.54. The number of hydrogen-bond donors (Lipinski definition) is 1. The van der Waals surface area contributed by atoms with Crippen molar-refractivity contribution in [3.8, 4) is 0 Å². The fraction of sp³-hybridized carbons (Fsp3) is 1.00. The van der Waals surface area contributed by atoms with Gasteiger partial charge in [0.15, 0.2) is 0 Å². The minimum Gasteiger partial charge on any atom is -0.317 e. The maximum atomic E-state index is 3.66. The van der Waals surface area contributed by atoms with Gasteiger partial charge in [-0.15, -0.1) is 0 Å². The van der Waals surface area contributed by atoms with E-state index in [1.807, 2.05) is 0 Å². The molecule has 0 aliphatic rings. The maximum absolute atomic E-state index is 3.66. The van der Waals surface area contributed by atoms with Crippen molar-refractivity contribution in [1.82, 2.24) is 5.32 Å². The third-order valence-corrected chi connectivity index (χ3v) is 6.77. The van der Waals surface area contributed by atoms with E-state index in [0.29, 0.717) is 0 Å². The van der Waals surface area contributed by atoms with Crippen molar-refractivity contribution in [2.45, 2.75) is 169 Å². The Morgan fingerprint density at radius 1 is 0.323 bits per heavy atom. The van der Waals surface area contributed by atoms with Gasteiger partial charge in [-0.3, -0.25) is 0 Å². The molecule has 31 heavy (non-hydrogen) atoms. The molecule has 0 aromatic heterocycles. The van der Waals surface area contributed by atoms with Gasteiger partial charge in [-0.2, -0.15) is 0 Å². The first-order valence-corrected chi connectivity index (χ1v) is 14.8. The lowest BCUT2D eigenvalue weighted by atomic mass is 10.0. The molecule has 0 amide bonds. The zero-order chi connectivity index (χ0) is 22.8. The molecule has 188 valence electrons. The van der Waals surface area contributed by atoms with Crippen molar-refractivity contribution in [1.29, 1.82) is 0 Å². The van der Waals surface area contributed by atoms with E-state index in [1.165, 1.54) is 154 Å². The zero-order valence-electron chi connectivity index (χ0n) is 22.6. The Hall–Kier alpha value is -0.0400. The number of rotatable bonds is 26. The van der Waals surface area contributed by atoms with Crippen LogP contribution in [0.3, 0.4) is 0 Å². The molecule has 0 bridgehead atoms. The van der Waals surface area contributed by atoms with Gasteiger partial charge in [0.1, 0.15) is 0 Å². The van der Waals surface area contributed by atoms with Crippen LogP contribution in [0.5, 0.6) is 0 Å². The van der Waals surface area contributed by atoms with E-state index in [4.69, 9.17) is 0 Å². The lowest BCUT2D eigenvalue weighted by molar-refractivity contribution is 0.500. The monoisotopic (exact) mass is 437 g/mol. The van der Waals surface area contributed by atoms with Crippen molar-refractivity contribution < 1.29 is 0 Å². The fourth-order valence-electron chi connectivity index (χ4n) is 4.56. The van der Waals surface area contributed by atoms with Crippen LogP contribution in [0.1, 0.15) is 169 Å². The Kier molecular flexibility index (Phi) is 26.2. The number of nitrogens with one attached hydrogen (secondary N) is 1. The smallest absolute Gasteiger partial charge is 0.00489 e. The minimum absolute atomic E-state index is 0.892. The average Bonchev–Trinajstić information content (AvgIpc) is 2.73. The van der Waals surface area contributed by atoms with Gasteiger partial charge in [0.05, 0.1) is 0 Å². The van der Waals surface area contributed by atoms with Crippen molar-refractivity contribution in [2.75, 3.05) is 13.1 Å². The summed E-state index contributed by atoms with van der Waals surface area (Å²) in [6.45, 7) is 11.9. The van der Waals surface area contributed by atoms with Crippen molar-refractivity contribution in [3.05, 3.63) is 0 Å². The summed E-state index contributed by atoms with van der Waals surface area (Å²) in [7, 11) is 0. The Bertz CT molecular complexity index is 280. The fourth-order valence-corrected chi connectivity index (χ4v) is 4.56. The second kappa shape index (κ2) is 26.2. The third kappa shape index (κ3) is 30.0.